The largest absolute Gasteiger partial charge is 0.467 e. The van der Waals surface area contributed by atoms with Crippen LogP contribution in [-0.2, 0) is 14.3 Å². The van der Waals surface area contributed by atoms with Gasteiger partial charge in [-0.15, -0.1) is 0 Å². The van der Waals surface area contributed by atoms with Crippen molar-refractivity contribution >= 4 is 5.97 Å². The van der Waals surface area contributed by atoms with Crippen LogP contribution in [0.2, 0.25) is 0 Å². The number of hydrogen-bond donors (Lipinski definition) is 2. The highest BCUT2D eigenvalue weighted by molar-refractivity contribution is 5.75. The minimum atomic E-state index is -1.19. The first-order chi connectivity index (χ1) is 5.57. The Morgan fingerprint density at radius 2 is 2.00 bits per heavy atom. The van der Waals surface area contributed by atoms with Crippen molar-refractivity contribution in [2.24, 2.45) is 0 Å². The van der Waals surface area contributed by atoms with E-state index in [4.69, 9.17) is 4.74 Å². The molecule has 1 rings (SSSR count). The molecular weight excluding hydrogens is 164 g/mol. The Balaban J connectivity index is 2.64. The summed E-state index contributed by atoms with van der Waals surface area (Å²) in [6.45, 7) is 1.58. The lowest BCUT2D eigenvalue weighted by atomic mass is 10.1. The summed E-state index contributed by atoms with van der Waals surface area (Å²) in [6, 6.07) is 0. The van der Waals surface area contributed by atoms with E-state index in [0.29, 0.717) is 0 Å². The van der Waals surface area contributed by atoms with Crippen LogP contribution in [-0.4, -0.2) is 47.7 Å². The Kier molecular flexibility index (Phi) is 2.66. The molecule has 0 aromatic rings. The second-order valence-corrected chi connectivity index (χ2v) is 2.77. The Hall–Kier alpha value is -0.650. The van der Waals surface area contributed by atoms with Crippen molar-refractivity contribution < 1.29 is 24.5 Å². The van der Waals surface area contributed by atoms with Gasteiger partial charge in [0.25, 0.3) is 0 Å². The standard InChI is InChI=1S/C7H12O5/c1-3-4(8)5(9)6(12-3)7(10)11-2/h3-6,8-9H,1-2H3/t3?,4?,5-,6+/m1/s1. The Morgan fingerprint density at radius 3 is 2.33 bits per heavy atom. The minimum absolute atomic E-state index is 0.538. The highest BCUT2D eigenvalue weighted by Crippen LogP contribution is 2.21. The van der Waals surface area contributed by atoms with E-state index in [-0.39, 0.29) is 0 Å². The van der Waals surface area contributed by atoms with Crippen molar-refractivity contribution in [3.8, 4) is 0 Å². The van der Waals surface area contributed by atoms with Crippen LogP contribution in [0.5, 0.6) is 0 Å². The molecule has 0 aromatic heterocycles. The topological polar surface area (TPSA) is 76.0 Å². The van der Waals surface area contributed by atoms with Gasteiger partial charge in [-0.2, -0.15) is 0 Å². The lowest BCUT2D eigenvalue weighted by molar-refractivity contribution is -0.156. The van der Waals surface area contributed by atoms with Crippen molar-refractivity contribution in [3.63, 3.8) is 0 Å². The second kappa shape index (κ2) is 3.38. The van der Waals surface area contributed by atoms with Gasteiger partial charge in [0.1, 0.15) is 12.2 Å². The molecule has 0 saturated carbocycles. The molecule has 0 aliphatic carbocycles. The van der Waals surface area contributed by atoms with Crippen LogP contribution in [0.15, 0.2) is 0 Å². The van der Waals surface area contributed by atoms with Gasteiger partial charge in [0.15, 0.2) is 6.10 Å². The number of methoxy groups -OCH3 is 1. The second-order valence-electron chi connectivity index (χ2n) is 2.77. The van der Waals surface area contributed by atoms with Crippen LogP contribution in [0.3, 0.4) is 0 Å². The third-order valence-corrected chi connectivity index (χ3v) is 1.94. The number of rotatable bonds is 1. The van der Waals surface area contributed by atoms with Crippen LogP contribution in [0.25, 0.3) is 0 Å². The number of ether oxygens (including phenoxy) is 2. The third-order valence-electron chi connectivity index (χ3n) is 1.94. The summed E-state index contributed by atoms with van der Waals surface area (Å²) < 4.78 is 9.33. The molecule has 0 bridgehead atoms. The molecule has 4 atom stereocenters. The van der Waals surface area contributed by atoms with Gasteiger partial charge >= 0.3 is 5.97 Å². The summed E-state index contributed by atoms with van der Waals surface area (Å²) in [6.07, 6.45) is -3.80. The van der Waals surface area contributed by atoms with Crippen molar-refractivity contribution in [1.82, 2.24) is 0 Å². The zero-order valence-corrected chi connectivity index (χ0v) is 6.93. The summed E-state index contributed by atoms with van der Waals surface area (Å²) in [5, 5.41) is 18.5. The number of hydrogen-bond acceptors (Lipinski definition) is 5. The van der Waals surface area contributed by atoms with Gasteiger partial charge in [-0.05, 0) is 6.92 Å². The zero-order chi connectivity index (χ0) is 9.30. The van der Waals surface area contributed by atoms with Crippen LogP contribution in [0, 0.1) is 0 Å². The summed E-state index contributed by atoms with van der Waals surface area (Å²) in [5.41, 5.74) is 0. The smallest absolute Gasteiger partial charge is 0.337 e. The van der Waals surface area contributed by atoms with Crippen LogP contribution >= 0.6 is 0 Å². The lowest BCUT2D eigenvalue weighted by Crippen LogP contribution is -2.36. The molecule has 1 fully saturated rings. The molecule has 1 heterocycles. The van der Waals surface area contributed by atoms with Gasteiger partial charge in [0, 0.05) is 0 Å². The van der Waals surface area contributed by atoms with E-state index in [0.717, 1.165) is 0 Å². The van der Waals surface area contributed by atoms with Crippen molar-refractivity contribution in [2.45, 2.75) is 31.3 Å². The lowest BCUT2D eigenvalue weighted by Gasteiger charge is -2.11. The maximum atomic E-state index is 10.9. The van der Waals surface area contributed by atoms with Crippen LogP contribution in [0.4, 0.5) is 0 Å². The predicted octanol–water partition coefficient (Wildman–Crippen LogP) is -1.33. The Bertz CT molecular complexity index is 181. The van der Waals surface area contributed by atoms with E-state index in [1.54, 1.807) is 6.92 Å². The first-order valence-corrected chi connectivity index (χ1v) is 3.67. The van der Waals surface area contributed by atoms with Gasteiger partial charge in [-0.1, -0.05) is 0 Å². The van der Waals surface area contributed by atoms with Crippen molar-refractivity contribution in [3.05, 3.63) is 0 Å². The molecule has 0 radical (unpaired) electrons. The Labute approximate surface area is 69.9 Å². The number of carbonyl (C=O) groups excluding carboxylic acids is 1. The zero-order valence-electron chi connectivity index (χ0n) is 6.93. The van der Waals surface area contributed by atoms with Gasteiger partial charge in [-0.3, -0.25) is 0 Å². The normalized spacial score (nSPS) is 41.3. The molecule has 5 heteroatoms. The molecule has 0 amide bonds. The van der Waals surface area contributed by atoms with E-state index in [2.05, 4.69) is 4.74 Å². The molecule has 2 N–H and O–H groups in total. The maximum Gasteiger partial charge on any atom is 0.337 e. The molecule has 12 heavy (non-hydrogen) atoms. The fourth-order valence-corrected chi connectivity index (χ4v) is 1.16. The van der Waals surface area contributed by atoms with Gasteiger partial charge in [0.2, 0.25) is 0 Å². The average Bonchev–Trinajstić information content (AvgIpc) is 2.32. The molecule has 70 valence electrons. The molecule has 1 aliphatic rings. The van der Waals surface area contributed by atoms with E-state index in [9.17, 15) is 15.0 Å². The highest BCUT2D eigenvalue weighted by atomic mass is 16.6. The average molecular weight is 176 g/mol. The first kappa shape index (κ1) is 9.44. The SMILES string of the molecule is COC(=O)[C@H]1OC(C)C(O)[C@H]1O. The molecule has 5 nitrogen and oxygen atoms in total. The molecule has 1 aliphatic heterocycles. The van der Waals surface area contributed by atoms with E-state index in [1.807, 2.05) is 0 Å². The molecular formula is C7H12O5. The van der Waals surface area contributed by atoms with Gasteiger partial charge < -0.3 is 19.7 Å². The summed E-state index contributed by atoms with van der Waals surface area (Å²) in [5.74, 6) is -0.661. The summed E-state index contributed by atoms with van der Waals surface area (Å²) >= 11 is 0. The molecule has 0 aromatic carbocycles. The van der Waals surface area contributed by atoms with E-state index < -0.39 is 30.4 Å². The summed E-state index contributed by atoms with van der Waals surface area (Å²) in [4.78, 5) is 10.9. The molecule has 0 spiro atoms. The number of aliphatic hydroxyl groups is 2. The van der Waals surface area contributed by atoms with Crippen LogP contribution in [0.1, 0.15) is 6.92 Å². The third kappa shape index (κ3) is 1.43. The predicted molar refractivity (Wildman–Crippen MR) is 38.4 cm³/mol. The minimum Gasteiger partial charge on any atom is -0.467 e. The monoisotopic (exact) mass is 176 g/mol. The number of esters is 1. The molecule has 1 saturated heterocycles. The quantitative estimate of drug-likeness (QED) is 0.484. The van der Waals surface area contributed by atoms with Gasteiger partial charge in [-0.25, -0.2) is 4.79 Å². The number of aliphatic hydroxyl groups excluding tert-OH is 2. The van der Waals surface area contributed by atoms with E-state index in [1.165, 1.54) is 7.11 Å². The maximum absolute atomic E-state index is 10.9. The van der Waals surface area contributed by atoms with Crippen molar-refractivity contribution in [1.29, 1.82) is 0 Å². The highest BCUT2D eigenvalue weighted by Gasteiger charge is 2.44. The summed E-state index contributed by atoms with van der Waals surface area (Å²) in [7, 11) is 1.20. The first-order valence-electron chi connectivity index (χ1n) is 3.67. The fraction of sp³-hybridized carbons (Fsp3) is 0.857. The fourth-order valence-electron chi connectivity index (χ4n) is 1.16. The van der Waals surface area contributed by atoms with Crippen molar-refractivity contribution in [2.75, 3.05) is 7.11 Å². The Morgan fingerprint density at radius 1 is 1.42 bits per heavy atom. The van der Waals surface area contributed by atoms with E-state index >= 15 is 0 Å². The van der Waals surface area contributed by atoms with Crippen LogP contribution < -0.4 is 0 Å². The van der Waals surface area contributed by atoms with Gasteiger partial charge in [0.05, 0.1) is 13.2 Å². The molecule has 2 unspecified atom stereocenters. The number of carbonyl (C=O) groups is 1.